The van der Waals surface area contributed by atoms with Crippen molar-refractivity contribution in [1.82, 2.24) is 5.32 Å². The molecule has 0 aliphatic carbocycles. The fraction of sp³-hybridized carbons (Fsp3) is 0.833. The van der Waals surface area contributed by atoms with Gasteiger partial charge < -0.3 is 5.32 Å². The number of nitrogens with one attached hydrogen (secondary N) is 1. The normalized spacial score (nSPS) is 26.1. The van der Waals surface area contributed by atoms with Gasteiger partial charge in [-0.1, -0.05) is 0 Å². The topological polar surface area (TPSA) is 29.1 Å². The van der Waals surface area contributed by atoms with Gasteiger partial charge in [0.2, 0.25) is 5.91 Å². The van der Waals surface area contributed by atoms with E-state index < -0.39 is 0 Å². The van der Waals surface area contributed by atoms with Crippen molar-refractivity contribution in [3.8, 4) is 0 Å². The zero-order chi connectivity index (χ0) is 6.69. The highest BCUT2D eigenvalue weighted by Crippen LogP contribution is 2.16. The van der Waals surface area contributed by atoms with Crippen LogP contribution in [0.15, 0.2) is 0 Å². The molecule has 9 heavy (non-hydrogen) atoms. The molecular weight excluding hydrogens is 134 g/mol. The van der Waals surface area contributed by atoms with Gasteiger partial charge in [-0.05, 0) is 12.2 Å². The van der Waals surface area contributed by atoms with Crippen molar-refractivity contribution < 1.29 is 4.79 Å². The molecule has 2 nitrogen and oxygen atoms in total. The van der Waals surface area contributed by atoms with Crippen molar-refractivity contribution >= 4 is 17.7 Å². The van der Waals surface area contributed by atoms with Crippen LogP contribution in [0.25, 0.3) is 0 Å². The molecule has 0 aromatic rings. The van der Waals surface area contributed by atoms with Crippen molar-refractivity contribution in [3.05, 3.63) is 0 Å². The first-order valence-corrected chi connectivity index (χ1v) is 4.29. The Balaban J connectivity index is 2.19. The van der Waals surface area contributed by atoms with E-state index in [1.807, 2.05) is 11.8 Å². The lowest BCUT2D eigenvalue weighted by molar-refractivity contribution is -0.119. The van der Waals surface area contributed by atoms with Gasteiger partial charge in [0.1, 0.15) is 0 Å². The lowest BCUT2D eigenvalue weighted by Gasteiger charge is -2.07. The van der Waals surface area contributed by atoms with Crippen LogP contribution in [0, 0.1) is 0 Å². The van der Waals surface area contributed by atoms with Crippen LogP contribution in [0.3, 0.4) is 0 Å². The van der Waals surface area contributed by atoms with Crippen molar-refractivity contribution in [1.29, 1.82) is 0 Å². The molecule has 3 heteroatoms. The second kappa shape index (κ2) is 3.11. The minimum Gasteiger partial charge on any atom is -0.353 e. The van der Waals surface area contributed by atoms with E-state index in [4.69, 9.17) is 0 Å². The Morgan fingerprint density at radius 1 is 1.78 bits per heavy atom. The molecule has 52 valence electrons. The Bertz CT molecular complexity index is 110. The van der Waals surface area contributed by atoms with Gasteiger partial charge in [0.05, 0.1) is 0 Å². The van der Waals surface area contributed by atoms with Gasteiger partial charge in [-0.2, -0.15) is 11.8 Å². The van der Waals surface area contributed by atoms with Gasteiger partial charge in [0, 0.05) is 18.7 Å². The molecule has 1 unspecified atom stereocenters. The SMILES string of the molecule is CC(=O)NC1CCSC1. The van der Waals surface area contributed by atoms with Crippen LogP contribution in [-0.4, -0.2) is 23.5 Å². The lowest BCUT2D eigenvalue weighted by Crippen LogP contribution is -2.32. The third kappa shape index (κ3) is 2.26. The summed E-state index contributed by atoms with van der Waals surface area (Å²) in [6.45, 7) is 1.57. The maximum Gasteiger partial charge on any atom is 0.217 e. The number of thioether (sulfide) groups is 1. The number of hydrogen-bond acceptors (Lipinski definition) is 2. The van der Waals surface area contributed by atoms with Crippen molar-refractivity contribution in [2.45, 2.75) is 19.4 Å². The summed E-state index contributed by atoms with van der Waals surface area (Å²) in [4.78, 5) is 10.5. The van der Waals surface area contributed by atoms with E-state index in [-0.39, 0.29) is 5.91 Å². The summed E-state index contributed by atoms with van der Waals surface area (Å²) >= 11 is 1.91. The quantitative estimate of drug-likeness (QED) is 0.586. The smallest absolute Gasteiger partial charge is 0.217 e. The van der Waals surface area contributed by atoms with E-state index in [1.54, 1.807) is 6.92 Å². The summed E-state index contributed by atoms with van der Waals surface area (Å²) in [6.07, 6.45) is 1.14. The number of carbonyl (C=O) groups excluding carboxylic acids is 1. The molecule has 1 aliphatic heterocycles. The molecule has 0 aromatic heterocycles. The third-order valence-electron chi connectivity index (χ3n) is 1.34. The Morgan fingerprint density at radius 2 is 2.56 bits per heavy atom. The molecule has 0 aromatic carbocycles. The predicted octanol–water partition coefficient (Wildman–Crippen LogP) is 0.628. The second-order valence-corrected chi connectivity index (χ2v) is 3.41. The minimum absolute atomic E-state index is 0.0995. The van der Waals surface area contributed by atoms with Crippen LogP contribution < -0.4 is 5.32 Å². The summed E-state index contributed by atoms with van der Waals surface area (Å²) in [5.74, 6) is 2.40. The first-order valence-electron chi connectivity index (χ1n) is 3.14. The minimum atomic E-state index is 0.0995. The molecule has 0 radical (unpaired) electrons. The molecule has 1 saturated heterocycles. The summed E-state index contributed by atoms with van der Waals surface area (Å²) < 4.78 is 0. The lowest BCUT2D eigenvalue weighted by atomic mass is 10.3. The van der Waals surface area contributed by atoms with E-state index in [0.29, 0.717) is 6.04 Å². The summed E-state index contributed by atoms with van der Waals surface area (Å²) in [7, 11) is 0. The highest BCUT2D eigenvalue weighted by atomic mass is 32.2. The predicted molar refractivity (Wildman–Crippen MR) is 39.5 cm³/mol. The number of carbonyl (C=O) groups is 1. The monoisotopic (exact) mass is 145 g/mol. The Morgan fingerprint density at radius 3 is 3.00 bits per heavy atom. The standard InChI is InChI=1S/C6H11NOS/c1-5(8)7-6-2-3-9-4-6/h6H,2-4H2,1H3,(H,7,8). The van der Waals surface area contributed by atoms with Gasteiger partial charge in [-0.3, -0.25) is 4.79 Å². The zero-order valence-electron chi connectivity index (χ0n) is 5.52. The van der Waals surface area contributed by atoms with Crippen LogP contribution in [-0.2, 0) is 4.79 Å². The average molecular weight is 145 g/mol. The highest BCUT2D eigenvalue weighted by Gasteiger charge is 2.14. The van der Waals surface area contributed by atoms with Crippen molar-refractivity contribution in [3.63, 3.8) is 0 Å². The number of rotatable bonds is 1. The molecule has 0 saturated carbocycles. The molecule has 1 aliphatic rings. The Hall–Kier alpha value is -0.180. The van der Waals surface area contributed by atoms with E-state index in [1.165, 1.54) is 5.75 Å². The number of hydrogen-bond donors (Lipinski definition) is 1. The maximum atomic E-state index is 10.5. The molecule has 1 rings (SSSR count). The fourth-order valence-electron chi connectivity index (χ4n) is 0.936. The van der Waals surface area contributed by atoms with E-state index in [2.05, 4.69) is 5.32 Å². The molecule has 1 fully saturated rings. The molecule has 1 N–H and O–H groups in total. The number of amides is 1. The van der Waals surface area contributed by atoms with Gasteiger partial charge in [0.15, 0.2) is 0 Å². The van der Waals surface area contributed by atoms with Gasteiger partial charge in [0.25, 0.3) is 0 Å². The molecule has 1 heterocycles. The highest BCUT2D eigenvalue weighted by molar-refractivity contribution is 7.99. The molecule has 0 spiro atoms. The van der Waals surface area contributed by atoms with Crippen LogP contribution in [0.5, 0.6) is 0 Å². The van der Waals surface area contributed by atoms with Crippen LogP contribution in [0.2, 0.25) is 0 Å². The van der Waals surface area contributed by atoms with Gasteiger partial charge >= 0.3 is 0 Å². The largest absolute Gasteiger partial charge is 0.353 e. The first-order chi connectivity index (χ1) is 4.29. The zero-order valence-corrected chi connectivity index (χ0v) is 6.33. The van der Waals surface area contributed by atoms with Crippen molar-refractivity contribution in [2.24, 2.45) is 0 Å². The molecule has 1 atom stereocenters. The Kier molecular flexibility index (Phi) is 2.39. The van der Waals surface area contributed by atoms with Gasteiger partial charge in [-0.25, -0.2) is 0 Å². The van der Waals surface area contributed by atoms with Crippen LogP contribution in [0.1, 0.15) is 13.3 Å². The summed E-state index contributed by atoms with van der Waals surface area (Å²) in [5, 5.41) is 2.88. The average Bonchev–Trinajstić information content (AvgIpc) is 2.15. The second-order valence-electron chi connectivity index (χ2n) is 2.26. The van der Waals surface area contributed by atoms with E-state index in [9.17, 15) is 4.79 Å². The van der Waals surface area contributed by atoms with E-state index >= 15 is 0 Å². The van der Waals surface area contributed by atoms with Crippen LogP contribution in [0.4, 0.5) is 0 Å². The Labute approximate surface area is 59.4 Å². The van der Waals surface area contributed by atoms with Crippen LogP contribution >= 0.6 is 11.8 Å². The first kappa shape index (κ1) is 6.93. The summed E-state index contributed by atoms with van der Waals surface area (Å²) in [6, 6.07) is 0.451. The molecular formula is C6H11NOS. The van der Waals surface area contributed by atoms with E-state index in [0.717, 1.165) is 12.2 Å². The maximum absolute atomic E-state index is 10.5. The third-order valence-corrected chi connectivity index (χ3v) is 2.50. The molecule has 1 amide bonds. The van der Waals surface area contributed by atoms with Crippen molar-refractivity contribution in [2.75, 3.05) is 11.5 Å². The van der Waals surface area contributed by atoms with Gasteiger partial charge in [-0.15, -0.1) is 0 Å². The molecule has 0 bridgehead atoms. The summed E-state index contributed by atoms with van der Waals surface area (Å²) in [5.41, 5.74) is 0. The fourth-order valence-corrected chi connectivity index (χ4v) is 2.09.